The zero-order valence-corrected chi connectivity index (χ0v) is 16.9. The number of carbonyl (C=O) groups is 2. The van der Waals surface area contributed by atoms with Gasteiger partial charge in [-0.05, 0) is 42.1 Å². The van der Waals surface area contributed by atoms with Gasteiger partial charge < -0.3 is 14.8 Å². The molecule has 0 radical (unpaired) electrons. The normalized spacial score (nSPS) is 11.3. The van der Waals surface area contributed by atoms with E-state index in [-0.39, 0.29) is 16.3 Å². The number of nitrogens with one attached hydrogen (secondary N) is 1. The van der Waals surface area contributed by atoms with E-state index in [1.165, 1.54) is 50.7 Å². The van der Waals surface area contributed by atoms with Crippen LogP contribution >= 0.6 is 11.3 Å². The number of rotatable bonds is 7. The summed E-state index contributed by atoms with van der Waals surface area (Å²) in [4.78, 5) is 24.3. The Morgan fingerprint density at radius 3 is 2.48 bits per heavy atom. The van der Waals surface area contributed by atoms with Crippen LogP contribution in [-0.2, 0) is 19.6 Å². The van der Waals surface area contributed by atoms with Crippen LogP contribution in [0.4, 0.5) is 5.69 Å². The predicted molar refractivity (Wildman–Crippen MR) is 102 cm³/mol. The van der Waals surface area contributed by atoms with Crippen molar-refractivity contribution in [1.82, 2.24) is 4.31 Å². The van der Waals surface area contributed by atoms with Gasteiger partial charge in [0.15, 0.2) is 6.61 Å². The number of esters is 1. The molecule has 0 bridgehead atoms. The summed E-state index contributed by atoms with van der Waals surface area (Å²) in [6, 6.07) is 6.01. The van der Waals surface area contributed by atoms with Crippen LogP contribution < -0.4 is 10.1 Å². The van der Waals surface area contributed by atoms with Gasteiger partial charge in [-0.15, -0.1) is 11.3 Å². The lowest BCUT2D eigenvalue weighted by Gasteiger charge is -2.16. The largest absolute Gasteiger partial charge is 0.495 e. The first-order valence-corrected chi connectivity index (χ1v) is 10.1. The van der Waals surface area contributed by atoms with Crippen molar-refractivity contribution in [1.29, 1.82) is 0 Å². The number of hydrogen-bond donors (Lipinski definition) is 1. The van der Waals surface area contributed by atoms with E-state index in [1.807, 2.05) is 0 Å². The van der Waals surface area contributed by atoms with E-state index < -0.39 is 28.5 Å². The lowest BCUT2D eigenvalue weighted by atomic mass is 10.3. The molecule has 1 aromatic heterocycles. The summed E-state index contributed by atoms with van der Waals surface area (Å²) >= 11 is 1.23. The minimum atomic E-state index is -3.77. The SMILES string of the molecule is COc1ccc(NC(=O)COC(=O)c2sccc2C)cc1S(=O)(=O)N(C)C. The number of methoxy groups -OCH3 is 1. The number of hydrogen-bond acceptors (Lipinski definition) is 7. The highest BCUT2D eigenvalue weighted by Gasteiger charge is 2.23. The average molecular weight is 412 g/mol. The second kappa shape index (κ2) is 8.51. The van der Waals surface area contributed by atoms with Gasteiger partial charge in [-0.3, -0.25) is 4.79 Å². The highest BCUT2D eigenvalue weighted by atomic mass is 32.2. The van der Waals surface area contributed by atoms with Crippen LogP contribution in [-0.4, -0.2) is 52.4 Å². The van der Waals surface area contributed by atoms with Crippen molar-refractivity contribution >= 4 is 38.9 Å². The molecule has 2 aromatic rings. The maximum atomic E-state index is 12.4. The molecule has 2 rings (SSSR count). The quantitative estimate of drug-likeness (QED) is 0.699. The van der Waals surface area contributed by atoms with Crippen LogP contribution in [0, 0.1) is 6.92 Å². The lowest BCUT2D eigenvalue weighted by molar-refractivity contribution is -0.119. The molecule has 1 aromatic carbocycles. The fraction of sp³-hybridized carbons (Fsp3) is 0.294. The van der Waals surface area contributed by atoms with E-state index in [1.54, 1.807) is 18.4 Å². The highest BCUT2D eigenvalue weighted by molar-refractivity contribution is 7.89. The molecule has 27 heavy (non-hydrogen) atoms. The third-order valence-corrected chi connectivity index (χ3v) is 6.42. The maximum absolute atomic E-state index is 12.4. The summed E-state index contributed by atoms with van der Waals surface area (Å²) < 4.78 is 35.9. The van der Waals surface area contributed by atoms with Gasteiger partial charge in [0.1, 0.15) is 15.5 Å². The molecule has 1 amide bonds. The van der Waals surface area contributed by atoms with Gasteiger partial charge in [0.05, 0.1) is 7.11 Å². The summed E-state index contributed by atoms with van der Waals surface area (Å²) in [5.74, 6) is -1.01. The van der Waals surface area contributed by atoms with Crippen molar-refractivity contribution in [2.75, 3.05) is 33.1 Å². The summed E-state index contributed by atoms with van der Waals surface area (Å²) in [5, 5.41) is 4.27. The number of nitrogens with zero attached hydrogens (tertiary/aromatic N) is 1. The fourth-order valence-corrected chi connectivity index (χ4v) is 4.02. The average Bonchev–Trinajstić information content (AvgIpc) is 3.05. The topological polar surface area (TPSA) is 102 Å². The van der Waals surface area contributed by atoms with E-state index in [2.05, 4.69) is 5.32 Å². The van der Waals surface area contributed by atoms with Crippen molar-refractivity contribution in [3.05, 3.63) is 40.1 Å². The van der Waals surface area contributed by atoms with Crippen LogP contribution in [0.15, 0.2) is 34.5 Å². The van der Waals surface area contributed by atoms with Crippen LogP contribution in [0.5, 0.6) is 5.75 Å². The number of benzene rings is 1. The molecule has 0 atom stereocenters. The molecule has 1 N–H and O–H groups in total. The molecule has 0 spiro atoms. The molecule has 0 aliphatic rings. The van der Waals surface area contributed by atoms with Gasteiger partial charge in [0, 0.05) is 19.8 Å². The van der Waals surface area contributed by atoms with Crippen LogP contribution in [0.2, 0.25) is 0 Å². The van der Waals surface area contributed by atoms with Gasteiger partial charge in [0.2, 0.25) is 10.0 Å². The second-order valence-corrected chi connectivity index (χ2v) is 8.75. The van der Waals surface area contributed by atoms with E-state index in [0.717, 1.165) is 9.87 Å². The zero-order chi connectivity index (χ0) is 20.2. The third-order valence-electron chi connectivity index (χ3n) is 3.59. The van der Waals surface area contributed by atoms with Crippen LogP contribution in [0.1, 0.15) is 15.2 Å². The molecule has 146 valence electrons. The second-order valence-electron chi connectivity index (χ2n) is 5.71. The Labute approximate surface area is 161 Å². The van der Waals surface area contributed by atoms with Gasteiger partial charge in [-0.2, -0.15) is 0 Å². The van der Waals surface area contributed by atoms with Crippen molar-refractivity contribution in [3.8, 4) is 5.75 Å². The molecule has 0 unspecified atom stereocenters. The number of ether oxygens (including phenoxy) is 2. The van der Waals surface area contributed by atoms with Crippen LogP contribution in [0.25, 0.3) is 0 Å². The summed E-state index contributed by atoms with van der Waals surface area (Å²) in [6.45, 7) is 1.29. The molecule has 10 heteroatoms. The standard InChI is InChI=1S/C17H20N2O6S2/c1-11-7-8-26-16(11)17(21)25-10-15(20)18-12-5-6-13(24-4)14(9-12)27(22,23)19(2)3/h5-9H,10H2,1-4H3,(H,18,20). The van der Waals surface area contributed by atoms with Crippen molar-refractivity contribution in [3.63, 3.8) is 0 Å². The Morgan fingerprint density at radius 1 is 1.22 bits per heavy atom. The Balaban J connectivity index is 2.10. The number of carbonyl (C=O) groups excluding carboxylic acids is 2. The monoisotopic (exact) mass is 412 g/mol. The summed E-state index contributed by atoms with van der Waals surface area (Å²) in [5.41, 5.74) is 1.02. The first kappa shape index (κ1) is 20.9. The number of amides is 1. The molecule has 8 nitrogen and oxygen atoms in total. The van der Waals surface area contributed by atoms with Crippen molar-refractivity contribution in [2.45, 2.75) is 11.8 Å². The highest BCUT2D eigenvalue weighted by Crippen LogP contribution is 2.28. The molecule has 1 heterocycles. The molecule has 0 fully saturated rings. The van der Waals surface area contributed by atoms with Gasteiger partial charge in [0.25, 0.3) is 5.91 Å². The number of anilines is 1. The Hall–Kier alpha value is -2.43. The van der Waals surface area contributed by atoms with Crippen molar-refractivity contribution < 1.29 is 27.5 Å². The first-order chi connectivity index (χ1) is 12.7. The smallest absolute Gasteiger partial charge is 0.349 e. The molecule has 0 aliphatic carbocycles. The first-order valence-electron chi connectivity index (χ1n) is 7.78. The Morgan fingerprint density at radius 2 is 1.93 bits per heavy atom. The molecule has 0 aliphatic heterocycles. The Kier molecular flexibility index (Phi) is 6.58. The maximum Gasteiger partial charge on any atom is 0.349 e. The van der Waals surface area contributed by atoms with E-state index in [0.29, 0.717) is 4.88 Å². The van der Waals surface area contributed by atoms with Crippen LogP contribution in [0.3, 0.4) is 0 Å². The molecule has 0 saturated carbocycles. The van der Waals surface area contributed by atoms with E-state index in [9.17, 15) is 18.0 Å². The van der Waals surface area contributed by atoms with E-state index in [4.69, 9.17) is 9.47 Å². The molecular formula is C17H20N2O6S2. The van der Waals surface area contributed by atoms with Gasteiger partial charge in [-0.1, -0.05) is 0 Å². The summed E-state index contributed by atoms with van der Waals surface area (Å²) in [7, 11) is 0.380. The fourth-order valence-electron chi connectivity index (χ4n) is 2.13. The predicted octanol–water partition coefficient (Wildman–Crippen LogP) is 2.11. The Bertz CT molecular complexity index is 950. The van der Waals surface area contributed by atoms with Gasteiger partial charge >= 0.3 is 5.97 Å². The number of sulfonamides is 1. The summed E-state index contributed by atoms with van der Waals surface area (Å²) in [6.07, 6.45) is 0. The minimum Gasteiger partial charge on any atom is -0.495 e. The minimum absolute atomic E-state index is 0.0843. The van der Waals surface area contributed by atoms with Crippen molar-refractivity contribution in [2.24, 2.45) is 0 Å². The number of aryl methyl sites for hydroxylation is 1. The lowest BCUT2D eigenvalue weighted by Crippen LogP contribution is -2.24. The third kappa shape index (κ3) is 4.85. The van der Waals surface area contributed by atoms with Gasteiger partial charge in [-0.25, -0.2) is 17.5 Å². The zero-order valence-electron chi connectivity index (χ0n) is 15.3. The van der Waals surface area contributed by atoms with E-state index >= 15 is 0 Å². The number of thiophene rings is 1. The molecular weight excluding hydrogens is 392 g/mol. The molecule has 0 saturated heterocycles.